The van der Waals surface area contributed by atoms with Gasteiger partial charge in [-0.1, -0.05) is 42.5 Å². The van der Waals surface area contributed by atoms with E-state index in [1.54, 1.807) is 24.3 Å². The van der Waals surface area contributed by atoms with Crippen LogP contribution in [0.3, 0.4) is 0 Å². The van der Waals surface area contributed by atoms with Gasteiger partial charge in [0.2, 0.25) is 0 Å². The van der Waals surface area contributed by atoms with Gasteiger partial charge in [-0.25, -0.2) is 0 Å². The zero-order chi connectivity index (χ0) is 13.2. The van der Waals surface area contributed by atoms with E-state index in [2.05, 4.69) is 10.6 Å². The Labute approximate surface area is 110 Å². The van der Waals surface area contributed by atoms with Crippen LogP contribution in [0.2, 0.25) is 0 Å². The Bertz CT molecular complexity index is 638. The van der Waals surface area contributed by atoms with E-state index in [-0.39, 0.29) is 11.8 Å². The summed E-state index contributed by atoms with van der Waals surface area (Å²) in [6.07, 6.45) is 0. The molecule has 19 heavy (non-hydrogen) atoms. The van der Waals surface area contributed by atoms with Crippen molar-refractivity contribution in [3.63, 3.8) is 0 Å². The van der Waals surface area contributed by atoms with Crippen LogP contribution >= 0.6 is 0 Å². The molecule has 0 aromatic heterocycles. The lowest BCUT2D eigenvalue weighted by atomic mass is 10.1. The third-order valence-corrected chi connectivity index (χ3v) is 3.10. The van der Waals surface area contributed by atoms with Crippen LogP contribution in [-0.4, -0.2) is 11.8 Å². The fourth-order valence-corrected chi connectivity index (χ4v) is 2.15. The number of nitrogens with one attached hydrogen (secondary N) is 2. The Morgan fingerprint density at radius 1 is 0.842 bits per heavy atom. The number of hydrogen-bond donors (Lipinski definition) is 2. The van der Waals surface area contributed by atoms with Gasteiger partial charge in [-0.05, 0) is 17.7 Å². The van der Waals surface area contributed by atoms with Crippen LogP contribution in [0.4, 0.5) is 5.69 Å². The normalized spacial score (nSPS) is 18.0. The molecular weight excluding hydrogens is 240 g/mol. The highest BCUT2D eigenvalue weighted by Crippen LogP contribution is 2.23. The first-order valence-corrected chi connectivity index (χ1v) is 6.01. The molecule has 0 fully saturated rings. The molecule has 1 heterocycles. The number of rotatable bonds is 1. The first-order chi connectivity index (χ1) is 9.25. The molecule has 1 atom stereocenters. The molecule has 4 nitrogen and oxygen atoms in total. The van der Waals surface area contributed by atoms with Crippen molar-refractivity contribution in [2.45, 2.75) is 6.04 Å². The van der Waals surface area contributed by atoms with Crippen LogP contribution < -0.4 is 10.6 Å². The van der Waals surface area contributed by atoms with Crippen LogP contribution in [-0.2, 0) is 4.79 Å². The number of anilines is 1. The van der Waals surface area contributed by atoms with E-state index >= 15 is 0 Å². The van der Waals surface area contributed by atoms with Crippen molar-refractivity contribution < 1.29 is 9.59 Å². The Balaban J connectivity index is 2.01. The molecule has 0 saturated carbocycles. The summed E-state index contributed by atoms with van der Waals surface area (Å²) in [7, 11) is 0. The summed E-state index contributed by atoms with van der Waals surface area (Å²) in [5.41, 5.74) is 1.79. The summed E-state index contributed by atoms with van der Waals surface area (Å²) in [5.74, 6) is -0.479. The standard InChI is InChI=1S/C15H12N2O2/c18-14-11-8-4-5-9-12(11)16-15(19)13(17-14)10-6-2-1-3-7-10/h1-9,13H,(H,16,19)(H,17,18)/t13-/m0/s1. The highest BCUT2D eigenvalue weighted by Gasteiger charge is 2.28. The smallest absolute Gasteiger partial charge is 0.254 e. The molecule has 0 aliphatic carbocycles. The van der Waals surface area contributed by atoms with Crippen molar-refractivity contribution in [1.29, 1.82) is 0 Å². The predicted octanol–water partition coefficient (Wildman–Crippen LogP) is 2.11. The number of benzene rings is 2. The Kier molecular flexibility index (Phi) is 2.76. The number of fused-ring (bicyclic) bond motifs is 1. The molecule has 0 spiro atoms. The monoisotopic (exact) mass is 252 g/mol. The van der Waals surface area contributed by atoms with Crippen molar-refractivity contribution in [2.75, 3.05) is 5.32 Å². The molecule has 1 aliphatic heterocycles. The van der Waals surface area contributed by atoms with Crippen molar-refractivity contribution in [3.05, 3.63) is 65.7 Å². The SMILES string of the molecule is O=C1N[C@@H](c2ccccc2)C(=O)Nc2ccccc21. The largest absolute Gasteiger partial charge is 0.336 e. The fourth-order valence-electron chi connectivity index (χ4n) is 2.15. The van der Waals surface area contributed by atoms with E-state index in [9.17, 15) is 9.59 Å². The Morgan fingerprint density at radius 2 is 1.53 bits per heavy atom. The quantitative estimate of drug-likeness (QED) is 0.816. The first-order valence-electron chi connectivity index (χ1n) is 6.01. The molecule has 2 aromatic rings. The van der Waals surface area contributed by atoms with E-state index in [4.69, 9.17) is 0 Å². The second-order valence-corrected chi connectivity index (χ2v) is 4.35. The van der Waals surface area contributed by atoms with Gasteiger partial charge in [-0.3, -0.25) is 9.59 Å². The molecule has 0 unspecified atom stereocenters. The molecule has 4 heteroatoms. The van der Waals surface area contributed by atoms with Crippen LogP contribution in [0, 0.1) is 0 Å². The van der Waals surface area contributed by atoms with Crippen molar-refractivity contribution >= 4 is 17.5 Å². The van der Waals surface area contributed by atoms with E-state index in [0.29, 0.717) is 11.3 Å². The molecule has 0 bridgehead atoms. The zero-order valence-electron chi connectivity index (χ0n) is 10.1. The van der Waals surface area contributed by atoms with Gasteiger partial charge < -0.3 is 10.6 Å². The summed E-state index contributed by atoms with van der Waals surface area (Å²) >= 11 is 0. The summed E-state index contributed by atoms with van der Waals surface area (Å²) in [5, 5.41) is 5.53. The number of hydrogen-bond acceptors (Lipinski definition) is 2. The van der Waals surface area contributed by atoms with E-state index < -0.39 is 6.04 Å². The molecule has 0 radical (unpaired) electrons. The average Bonchev–Trinajstić information content (AvgIpc) is 2.57. The highest BCUT2D eigenvalue weighted by atomic mass is 16.2. The van der Waals surface area contributed by atoms with Crippen LogP contribution in [0.25, 0.3) is 0 Å². The van der Waals surface area contributed by atoms with Gasteiger partial charge in [0, 0.05) is 0 Å². The Hall–Kier alpha value is -2.62. The van der Waals surface area contributed by atoms with Crippen LogP contribution in [0.5, 0.6) is 0 Å². The van der Waals surface area contributed by atoms with Gasteiger partial charge in [0.05, 0.1) is 11.3 Å². The lowest BCUT2D eigenvalue weighted by Crippen LogP contribution is -2.33. The Morgan fingerprint density at radius 3 is 2.32 bits per heavy atom. The second kappa shape index (κ2) is 4.57. The maximum absolute atomic E-state index is 12.2. The van der Waals surface area contributed by atoms with Gasteiger partial charge in [-0.15, -0.1) is 0 Å². The minimum absolute atomic E-state index is 0.232. The molecule has 3 rings (SSSR count). The maximum Gasteiger partial charge on any atom is 0.254 e. The number of para-hydroxylation sites is 1. The molecule has 0 saturated heterocycles. The third-order valence-electron chi connectivity index (χ3n) is 3.10. The van der Waals surface area contributed by atoms with E-state index in [1.165, 1.54) is 0 Å². The average molecular weight is 252 g/mol. The fraction of sp³-hybridized carbons (Fsp3) is 0.0667. The van der Waals surface area contributed by atoms with Gasteiger partial charge in [0.25, 0.3) is 11.8 Å². The molecule has 2 N–H and O–H groups in total. The van der Waals surface area contributed by atoms with E-state index in [0.717, 1.165) is 5.56 Å². The first kappa shape index (κ1) is 11.5. The van der Waals surface area contributed by atoms with Gasteiger partial charge in [0.1, 0.15) is 6.04 Å². The van der Waals surface area contributed by atoms with Crippen molar-refractivity contribution in [3.8, 4) is 0 Å². The third kappa shape index (κ3) is 2.08. The van der Waals surface area contributed by atoms with Crippen molar-refractivity contribution in [1.82, 2.24) is 5.32 Å². The zero-order valence-corrected chi connectivity index (χ0v) is 10.1. The minimum atomic E-state index is -0.666. The maximum atomic E-state index is 12.2. The summed E-state index contributed by atoms with van der Waals surface area (Å²) in [6, 6.07) is 15.5. The van der Waals surface area contributed by atoms with Gasteiger partial charge >= 0.3 is 0 Å². The van der Waals surface area contributed by atoms with Gasteiger partial charge in [0.15, 0.2) is 0 Å². The van der Waals surface area contributed by atoms with Crippen LogP contribution in [0.15, 0.2) is 54.6 Å². The number of carbonyl (C=O) groups is 2. The predicted molar refractivity (Wildman–Crippen MR) is 71.7 cm³/mol. The number of amides is 2. The summed E-state index contributed by atoms with van der Waals surface area (Å²) in [6.45, 7) is 0. The lowest BCUT2D eigenvalue weighted by Gasteiger charge is -2.14. The summed E-state index contributed by atoms with van der Waals surface area (Å²) in [4.78, 5) is 24.3. The summed E-state index contributed by atoms with van der Waals surface area (Å²) < 4.78 is 0. The topological polar surface area (TPSA) is 58.2 Å². The van der Waals surface area contributed by atoms with Gasteiger partial charge in [-0.2, -0.15) is 0 Å². The van der Waals surface area contributed by atoms with Crippen molar-refractivity contribution in [2.24, 2.45) is 0 Å². The molecular formula is C15H12N2O2. The second-order valence-electron chi connectivity index (χ2n) is 4.35. The molecule has 2 aromatic carbocycles. The lowest BCUT2D eigenvalue weighted by molar-refractivity contribution is -0.118. The highest BCUT2D eigenvalue weighted by molar-refractivity contribution is 6.10. The molecule has 94 valence electrons. The molecule has 1 aliphatic rings. The minimum Gasteiger partial charge on any atom is -0.336 e. The molecule has 2 amide bonds. The van der Waals surface area contributed by atoms with E-state index in [1.807, 2.05) is 30.3 Å². The number of carbonyl (C=O) groups excluding carboxylic acids is 2. The van der Waals surface area contributed by atoms with Crippen LogP contribution in [0.1, 0.15) is 22.0 Å².